The van der Waals surface area contributed by atoms with Gasteiger partial charge in [-0.05, 0) is 49.7 Å². The van der Waals surface area contributed by atoms with Crippen molar-refractivity contribution in [2.45, 2.75) is 26.8 Å². The average molecular weight is 431 g/mol. The zero-order valence-electron chi connectivity index (χ0n) is 16.1. The number of rotatable bonds is 5. The number of hydrogen-bond donors (Lipinski definition) is 1. The van der Waals surface area contributed by atoms with Gasteiger partial charge in [0.15, 0.2) is 11.4 Å². The number of nitrogens with zero attached hydrogens (tertiary/aromatic N) is 3. The quantitative estimate of drug-likeness (QED) is 0.451. The molecule has 1 aromatic carbocycles. The standard InChI is InChI=1S/C21H17ClF2N4O2/c1-11-5-6-13(8-15(11)22)25-18(29)10-28-21-19(12(2)27-28)14(20(23)24)9-16(26-21)17-4-3-7-30-17/h3-9,20H,10H2,1-2H3,(H,25,29). The molecule has 30 heavy (non-hydrogen) atoms. The second-order valence-electron chi connectivity index (χ2n) is 6.83. The number of fused-ring (bicyclic) bond motifs is 1. The number of aromatic nitrogens is 3. The van der Waals surface area contributed by atoms with Gasteiger partial charge in [-0.1, -0.05) is 17.7 Å². The molecule has 3 aromatic heterocycles. The molecule has 0 radical (unpaired) electrons. The minimum atomic E-state index is -2.73. The second-order valence-corrected chi connectivity index (χ2v) is 7.24. The Morgan fingerprint density at radius 1 is 1.27 bits per heavy atom. The number of alkyl halides is 2. The summed E-state index contributed by atoms with van der Waals surface area (Å²) in [4.78, 5) is 17.0. The van der Waals surface area contributed by atoms with Crippen molar-refractivity contribution in [2.75, 3.05) is 5.32 Å². The van der Waals surface area contributed by atoms with Gasteiger partial charge in [-0.15, -0.1) is 0 Å². The van der Waals surface area contributed by atoms with Crippen LogP contribution < -0.4 is 5.32 Å². The first-order chi connectivity index (χ1) is 14.3. The van der Waals surface area contributed by atoms with Crippen molar-refractivity contribution in [3.05, 3.63) is 64.5 Å². The van der Waals surface area contributed by atoms with Crippen LogP contribution in [0.1, 0.15) is 23.2 Å². The van der Waals surface area contributed by atoms with Crippen LogP contribution in [0.3, 0.4) is 0 Å². The fraction of sp³-hybridized carbons (Fsp3) is 0.190. The van der Waals surface area contributed by atoms with E-state index in [1.54, 1.807) is 37.3 Å². The monoisotopic (exact) mass is 430 g/mol. The highest BCUT2D eigenvalue weighted by atomic mass is 35.5. The first-order valence-electron chi connectivity index (χ1n) is 9.09. The van der Waals surface area contributed by atoms with Crippen molar-refractivity contribution < 1.29 is 18.0 Å². The minimum Gasteiger partial charge on any atom is -0.463 e. The van der Waals surface area contributed by atoms with Crippen molar-refractivity contribution in [3.63, 3.8) is 0 Å². The van der Waals surface area contributed by atoms with Crippen LogP contribution in [0.15, 0.2) is 47.1 Å². The average Bonchev–Trinajstić information content (AvgIpc) is 3.33. The Morgan fingerprint density at radius 3 is 2.73 bits per heavy atom. The Morgan fingerprint density at radius 2 is 2.07 bits per heavy atom. The summed E-state index contributed by atoms with van der Waals surface area (Å²) in [6.07, 6.45) is -1.30. The van der Waals surface area contributed by atoms with Crippen LogP contribution in [-0.4, -0.2) is 20.7 Å². The van der Waals surface area contributed by atoms with Gasteiger partial charge in [0.1, 0.15) is 12.2 Å². The molecule has 0 saturated heterocycles. The van der Waals surface area contributed by atoms with Crippen LogP contribution in [0.2, 0.25) is 5.02 Å². The van der Waals surface area contributed by atoms with E-state index in [4.69, 9.17) is 16.0 Å². The van der Waals surface area contributed by atoms with Gasteiger partial charge in [-0.25, -0.2) is 18.4 Å². The number of pyridine rings is 1. The molecule has 0 bridgehead atoms. The lowest BCUT2D eigenvalue weighted by Crippen LogP contribution is -2.20. The van der Waals surface area contributed by atoms with Gasteiger partial charge >= 0.3 is 0 Å². The van der Waals surface area contributed by atoms with E-state index in [1.165, 1.54) is 17.0 Å². The number of anilines is 1. The molecular weight excluding hydrogens is 414 g/mol. The topological polar surface area (TPSA) is 73.0 Å². The lowest BCUT2D eigenvalue weighted by Gasteiger charge is -2.09. The zero-order chi connectivity index (χ0) is 21.4. The molecule has 0 atom stereocenters. The maximum Gasteiger partial charge on any atom is 0.264 e. The summed E-state index contributed by atoms with van der Waals surface area (Å²) in [6, 6.07) is 9.73. The van der Waals surface area contributed by atoms with Crippen molar-refractivity contribution in [1.29, 1.82) is 0 Å². The van der Waals surface area contributed by atoms with Crippen LogP contribution in [0, 0.1) is 13.8 Å². The maximum atomic E-state index is 13.7. The highest BCUT2D eigenvalue weighted by molar-refractivity contribution is 6.31. The number of carbonyl (C=O) groups is 1. The molecule has 4 rings (SSSR count). The number of amides is 1. The summed E-state index contributed by atoms with van der Waals surface area (Å²) in [5, 5.41) is 7.76. The fourth-order valence-electron chi connectivity index (χ4n) is 3.23. The third-order valence-corrected chi connectivity index (χ3v) is 5.07. The molecule has 1 N–H and O–H groups in total. The molecule has 9 heteroatoms. The van der Waals surface area contributed by atoms with Gasteiger partial charge in [0.2, 0.25) is 5.91 Å². The lowest BCUT2D eigenvalue weighted by molar-refractivity contribution is -0.116. The SMILES string of the molecule is Cc1ccc(NC(=O)Cn2nc(C)c3c(C(F)F)cc(-c4ccco4)nc32)cc1Cl. The van der Waals surface area contributed by atoms with E-state index in [0.717, 1.165) is 5.56 Å². The molecule has 154 valence electrons. The molecule has 4 aromatic rings. The molecule has 0 aliphatic carbocycles. The summed E-state index contributed by atoms with van der Waals surface area (Å²) >= 11 is 6.09. The number of furan rings is 1. The van der Waals surface area contributed by atoms with Crippen molar-refractivity contribution in [2.24, 2.45) is 0 Å². The van der Waals surface area contributed by atoms with E-state index >= 15 is 0 Å². The van der Waals surface area contributed by atoms with Gasteiger partial charge in [-0.3, -0.25) is 4.79 Å². The van der Waals surface area contributed by atoms with E-state index < -0.39 is 6.43 Å². The van der Waals surface area contributed by atoms with Crippen molar-refractivity contribution in [1.82, 2.24) is 14.8 Å². The van der Waals surface area contributed by atoms with Crippen molar-refractivity contribution in [3.8, 4) is 11.5 Å². The molecular formula is C21H17ClF2N4O2. The third kappa shape index (κ3) is 3.78. The molecule has 0 unspecified atom stereocenters. The molecule has 0 spiro atoms. The van der Waals surface area contributed by atoms with Crippen LogP contribution in [0.5, 0.6) is 0 Å². The molecule has 0 fully saturated rings. The van der Waals surface area contributed by atoms with Gasteiger partial charge < -0.3 is 9.73 Å². The predicted molar refractivity (Wildman–Crippen MR) is 110 cm³/mol. The minimum absolute atomic E-state index is 0.189. The van der Waals surface area contributed by atoms with E-state index in [-0.39, 0.29) is 34.7 Å². The highest BCUT2D eigenvalue weighted by Gasteiger charge is 2.22. The van der Waals surface area contributed by atoms with E-state index in [0.29, 0.717) is 22.2 Å². The number of benzene rings is 1. The van der Waals surface area contributed by atoms with E-state index in [9.17, 15) is 13.6 Å². The summed E-state index contributed by atoms with van der Waals surface area (Å²) in [7, 11) is 0. The van der Waals surface area contributed by atoms with Crippen LogP contribution in [-0.2, 0) is 11.3 Å². The molecule has 0 saturated carbocycles. The summed E-state index contributed by atoms with van der Waals surface area (Å²) < 4.78 is 34.1. The lowest BCUT2D eigenvalue weighted by atomic mass is 10.1. The number of aryl methyl sites for hydroxylation is 2. The molecule has 1 amide bonds. The number of halogens is 3. The van der Waals surface area contributed by atoms with Gasteiger partial charge in [0.05, 0.1) is 17.3 Å². The molecule has 6 nitrogen and oxygen atoms in total. The first kappa shape index (κ1) is 20.0. The van der Waals surface area contributed by atoms with Gasteiger partial charge in [0, 0.05) is 16.3 Å². The van der Waals surface area contributed by atoms with Crippen molar-refractivity contribution >= 4 is 34.2 Å². The summed E-state index contributed by atoms with van der Waals surface area (Å²) in [5.41, 5.74) is 2.01. The normalized spacial score (nSPS) is 11.4. The molecule has 0 aliphatic rings. The smallest absolute Gasteiger partial charge is 0.264 e. The Hall–Kier alpha value is -3.26. The summed E-state index contributed by atoms with van der Waals surface area (Å²) in [5.74, 6) is -0.0360. The van der Waals surface area contributed by atoms with Crippen LogP contribution >= 0.6 is 11.6 Å². The largest absolute Gasteiger partial charge is 0.463 e. The Bertz CT molecular complexity index is 1240. The Kier molecular flexibility index (Phi) is 5.26. The Balaban J connectivity index is 1.71. The second kappa shape index (κ2) is 7.87. The number of nitrogens with one attached hydrogen (secondary N) is 1. The zero-order valence-corrected chi connectivity index (χ0v) is 16.9. The highest BCUT2D eigenvalue weighted by Crippen LogP contribution is 2.33. The van der Waals surface area contributed by atoms with Crippen LogP contribution in [0.25, 0.3) is 22.5 Å². The van der Waals surface area contributed by atoms with Gasteiger partial charge in [0.25, 0.3) is 6.43 Å². The number of hydrogen-bond acceptors (Lipinski definition) is 4. The fourth-order valence-corrected chi connectivity index (χ4v) is 3.41. The molecule has 3 heterocycles. The predicted octanol–water partition coefficient (Wildman–Crippen LogP) is 5.54. The van der Waals surface area contributed by atoms with Gasteiger partial charge in [-0.2, -0.15) is 5.10 Å². The summed E-state index contributed by atoms with van der Waals surface area (Å²) in [6.45, 7) is 3.26. The maximum absolute atomic E-state index is 13.7. The third-order valence-electron chi connectivity index (χ3n) is 4.67. The number of carbonyl (C=O) groups excluding carboxylic acids is 1. The van der Waals surface area contributed by atoms with E-state index in [1.807, 2.05) is 6.92 Å². The van der Waals surface area contributed by atoms with E-state index in [2.05, 4.69) is 15.4 Å². The molecule has 0 aliphatic heterocycles. The Labute approximate surface area is 175 Å². The van der Waals surface area contributed by atoms with Crippen LogP contribution in [0.4, 0.5) is 14.5 Å². The first-order valence-corrected chi connectivity index (χ1v) is 9.47.